The van der Waals surface area contributed by atoms with Gasteiger partial charge < -0.3 is 4.74 Å². The van der Waals surface area contributed by atoms with Gasteiger partial charge in [0.2, 0.25) is 0 Å². The van der Waals surface area contributed by atoms with Crippen LogP contribution in [0.1, 0.15) is 5.56 Å². The molecular weight excluding hydrogens is 230 g/mol. The predicted octanol–water partition coefficient (Wildman–Crippen LogP) is 1.07. The fraction of sp³-hybridized carbons (Fsp3) is 0.364. The van der Waals surface area contributed by atoms with Gasteiger partial charge in [0, 0.05) is 19.7 Å². The number of nitrogens with zero attached hydrogens (tertiary/aromatic N) is 1. The van der Waals surface area contributed by atoms with E-state index >= 15 is 0 Å². The first kappa shape index (κ1) is 13.5. The van der Waals surface area contributed by atoms with Gasteiger partial charge in [-0.3, -0.25) is 10.2 Å². The molecule has 6 heteroatoms. The van der Waals surface area contributed by atoms with Crippen LogP contribution in [0.15, 0.2) is 18.2 Å². The lowest BCUT2D eigenvalue weighted by atomic mass is 10.2. The van der Waals surface area contributed by atoms with Gasteiger partial charge in [0.05, 0.1) is 6.61 Å². The number of ether oxygens (including phenoxy) is 1. The highest BCUT2D eigenvalue weighted by molar-refractivity contribution is 5.76. The highest BCUT2D eigenvalue weighted by Gasteiger charge is 2.06. The Balaban J connectivity index is 2.40. The molecule has 0 aliphatic heterocycles. The molecule has 0 heterocycles. The van der Waals surface area contributed by atoms with E-state index in [1.54, 1.807) is 14.1 Å². The number of nitrogens with one attached hydrogen (secondary N) is 1. The standard InChI is InChI=1S/C11H14F2N2O2/c1-15(2)14-11(16)7-17-6-8-5-9(12)3-4-10(8)13/h3-5H,6-7H2,1-2H3,(H,14,16). The van der Waals surface area contributed by atoms with Crippen LogP contribution >= 0.6 is 0 Å². The topological polar surface area (TPSA) is 41.6 Å². The fourth-order valence-corrected chi connectivity index (χ4v) is 1.19. The van der Waals surface area contributed by atoms with Crippen LogP contribution in [-0.4, -0.2) is 31.6 Å². The molecule has 0 atom stereocenters. The number of rotatable bonds is 5. The number of carbonyl (C=O) groups excluding carboxylic acids is 1. The summed E-state index contributed by atoms with van der Waals surface area (Å²) in [4.78, 5) is 11.1. The molecule has 0 radical (unpaired) electrons. The van der Waals surface area contributed by atoms with E-state index in [9.17, 15) is 13.6 Å². The Hall–Kier alpha value is -1.53. The van der Waals surface area contributed by atoms with Gasteiger partial charge in [0.15, 0.2) is 0 Å². The van der Waals surface area contributed by atoms with Crippen molar-refractivity contribution < 1.29 is 18.3 Å². The summed E-state index contributed by atoms with van der Waals surface area (Å²) in [6.45, 7) is -0.363. The Bertz CT molecular complexity index is 397. The van der Waals surface area contributed by atoms with E-state index in [0.29, 0.717) is 0 Å². The van der Waals surface area contributed by atoms with Gasteiger partial charge in [-0.05, 0) is 18.2 Å². The molecule has 0 aromatic heterocycles. The van der Waals surface area contributed by atoms with Crippen LogP contribution in [0.3, 0.4) is 0 Å². The molecule has 1 aromatic rings. The summed E-state index contributed by atoms with van der Waals surface area (Å²) in [5.41, 5.74) is 2.54. The second-order valence-corrected chi connectivity index (χ2v) is 3.66. The van der Waals surface area contributed by atoms with Crippen molar-refractivity contribution in [3.63, 3.8) is 0 Å². The fourth-order valence-electron chi connectivity index (χ4n) is 1.19. The van der Waals surface area contributed by atoms with Gasteiger partial charge in [0.25, 0.3) is 5.91 Å². The van der Waals surface area contributed by atoms with Crippen LogP contribution in [0.5, 0.6) is 0 Å². The van der Waals surface area contributed by atoms with Crippen LogP contribution in [0.4, 0.5) is 8.78 Å². The third-order valence-corrected chi connectivity index (χ3v) is 1.85. The molecule has 17 heavy (non-hydrogen) atoms. The first-order valence-corrected chi connectivity index (χ1v) is 4.97. The third-order valence-electron chi connectivity index (χ3n) is 1.85. The second-order valence-electron chi connectivity index (χ2n) is 3.66. The number of benzene rings is 1. The molecule has 1 amide bonds. The molecule has 1 aromatic carbocycles. The average molecular weight is 244 g/mol. The normalized spacial score (nSPS) is 10.6. The minimum absolute atomic E-state index is 0.0858. The molecule has 4 nitrogen and oxygen atoms in total. The van der Waals surface area contributed by atoms with E-state index in [1.165, 1.54) is 5.01 Å². The molecule has 1 N–H and O–H groups in total. The van der Waals surface area contributed by atoms with E-state index in [1.807, 2.05) is 0 Å². The highest BCUT2D eigenvalue weighted by Crippen LogP contribution is 2.10. The van der Waals surface area contributed by atoms with E-state index < -0.39 is 11.6 Å². The van der Waals surface area contributed by atoms with Crippen LogP contribution in [-0.2, 0) is 16.1 Å². The molecule has 0 saturated heterocycles. The second kappa shape index (κ2) is 6.27. The average Bonchev–Trinajstić information content (AvgIpc) is 2.22. The minimum atomic E-state index is -0.556. The van der Waals surface area contributed by atoms with Gasteiger partial charge in [-0.2, -0.15) is 0 Å². The summed E-state index contributed by atoms with van der Waals surface area (Å²) in [7, 11) is 3.31. The molecule has 0 unspecified atom stereocenters. The first-order chi connectivity index (χ1) is 7.99. The van der Waals surface area contributed by atoms with Gasteiger partial charge >= 0.3 is 0 Å². The van der Waals surface area contributed by atoms with Crippen molar-refractivity contribution in [3.8, 4) is 0 Å². The summed E-state index contributed by atoms with van der Waals surface area (Å²) in [6, 6.07) is 3.09. The van der Waals surface area contributed by atoms with Crippen LogP contribution in [0, 0.1) is 11.6 Å². The van der Waals surface area contributed by atoms with Gasteiger partial charge in [0.1, 0.15) is 18.2 Å². The maximum absolute atomic E-state index is 13.1. The van der Waals surface area contributed by atoms with E-state index in [-0.39, 0.29) is 24.7 Å². The molecular formula is C11H14F2N2O2. The first-order valence-electron chi connectivity index (χ1n) is 4.97. The zero-order valence-electron chi connectivity index (χ0n) is 9.67. The van der Waals surface area contributed by atoms with Crippen molar-refractivity contribution in [1.29, 1.82) is 0 Å². The SMILES string of the molecule is CN(C)NC(=O)COCc1cc(F)ccc1F. The number of amides is 1. The van der Waals surface area contributed by atoms with Gasteiger partial charge in [-0.25, -0.2) is 13.8 Å². The zero-order chi connectivity index (χ0) is 12.8. The summed E-state index contributed by atoms with van der Waals surface area (Å²) in [5.74, 6) is -1.45. The van der Waals surface area contributed by atoms with Crippen LogP contribution in [0.2, 0.25) is 0 Å². The largest absolute Gasteiger partial charge is 0.367 e. The smallest absolute Gasteiger partial charge is 0.260 e. The predicted molar refractivity (Wildman–Crippen MR) is 57.8 cm³/mol. The highest BCUT2D eigenvalue weighted by atomic mass is 19.1. The molecule has 0 aliphatic carbocycles. The van der Waals surface area contributed by atoms with Crippen molar-refractivity contribution in [1.82, 2.24) is 10.4 Å². The molecule has 0 aliphatic rings. The third kappa shape index (κ3) is 4.88. The lowest BCUT2D eigenvalue weighted by molar-refractivity contribution is -0.129. The summed E-state index contributed by atoms with van der Waals surface area (Å²) in [6.07, 6.45) is 0. The molecule has 1 rings (SSSR count). The van der Waals surface area contributed by atoms with Crippen molar-refractivity contribution in [2.75, 3.05) is 20.7 Å². The van der Waals surface area contributed by atoms with Gasteiger partial charge in [-0.15, -0.1) is 0 Å². The zero-order valence-corrected chi connectivity index (χ0v) is 9.67. The Morgan fingerprint density at radius 2 is 2.12 bits per heavy atom. The maximum atomic E-state index is 13.1. The number of hydrogen-bond donors (Lipinski definition) is 1. The lowest BCUT2D eigenvalue weighted by Crippen LogP contribution is -2.38. The van der Waals surface area contributed by atoms with Crippen molar-refractivity contribution in [2.24, 2.45) is 0 Å². The minimum Gasteiger partial charge on any atom is -0.367 e. The number of hydrazine groups is 1. The van der Waals surface area contributed by atoms with E-state index in [4.69, 9.17) is 4.74 Å². The van der Waals surface area contributed by atoms with E-state index in [2.05, 4.69) is 5.43 Å². The van der Waals surface area contributed by atoms with Crippen molar-refractivity contribution in [3.05, 3.63) is 35.4 Å². The maximum Gasteiger partial charge on any atom is 0.260 e. The summed E-state index contributed by atoms with van der Waals surface area (Å²) in [5, 5.41) is 1.47. The van der Waals surface area contributed by atoms with E-state index in [0.717, 1.165) is 18.2 Å². The molecule has 0 bridgehead atoms. The summed E-state index contributed by atoms with van der Waals surface area (Å²) < 4.78 is 30.9. The Morgan fingerprint density at radius 1 is 1.41 bits per heavy atom. The lowest BCUT2D eigenvalue weighted by Gasteiger charge is -2.11. The monoisotopic (exact) mass is 244 g/mol. The van der Waals surface area contributed by atoms with Crippen LogP contribution in [0.25, 0.3) is 0 Å². The molecule has 0 spiro atoms. The Morgan fingerprint density at radius 3 is 2.76 bits per heavy atom. The van der Waals surface area contributed by atoms with Crippen molar-refractivity contribution in [2.45, 2.75) is 6.61 Å². The number of carbonyl (C=O) groups is 1. The molecule has 0 saturated carbocycles. The van der Waals surface area contributed by atoms with Gasteiger partial charge in [-0.1, -0.05) is 0 Å². The Kier molecular flexibility index (Phi) is 4.99. The number of halogens is 2. The number of hydrogen-bond acceptors (Lipinski definition) is 3. The van der Waals surface area contributed by atoms with Crippen molar-refractivity contribution >= 4 is 5.91 Å². The molecule has 94 valence electrons. The molecule has 0 fully saturated rings. The Labute approximate surface area is 98.1 Å². The summed E-state index contributed by atoms with van der Waals surface area (Å²) >= 11 is 0. The quantitative estimate of drug-likeness (QED) is 0.788. The van der Waals surface area contributed by atoms with Crippen LogP contribution < -0.4 is 5.43 Å².